The van der Waals surface area contributed by atoms with E-state index in [1.807, 2.05) is 30.3 Å². The summed E-state index contributed by atoms with van der Waals surface area (Å²) in [5.74, 6) is 5.56. The van der Waals surface area contributed by atoms with E-state index >= 15 is 0 Å². The summed E-state index contributed by atoms with van der Waals surface area (Å²) in [4.78, 5) is 28.9. The first-order valence-electron chi connectivity index (χ1n) is 7.68. The van der Waals surface area contributed by atoms with Gasteiger partial charge in [0.25, 0.3) is 5.69 Å². The van der Waals surface area contributed by atoms with Gasteiger partial charge in [-0.15, -0.1) is 0 Å². The summed E-state index contributed by atoms with van der Waals surface area (Å²) >= 11 is 0. The fourth-order valence-electron chi connectivity index (χ4n) is 2.25. The van der Waals surface area contributed by atoms with Gasteiger partial charge >= 0.3 is 6.09 Å². The first-order chi connectivity index (χ1) is 12.6. The highest BCUT2D eigenvalue weighted by Crippen LogP contribution is 2.23. The van der Waals surface area contributed by atoms with Crippen molar-refractivity contribution in [3.63, 3.8) is 0 Å². The van der Waals surface area contributed by atoms with E-state index in [4.69, 9.17) is 4.74 Å². The number of H-pyrrole nitrogens is 1. The molecule has 2 heterocycles. The molecule has 8 nitrogen and oxygen atoms in total. The minimum absolute atomic E-state index is 0.0567. The number of nitro groups is 1. The van der Waals surface area contributed by atoms with E-state index in [9.17, 15) is 14.9 Å². The minimum Gasteiger partial charge on any atom is -0.445 e. The zero-order valence-electron chi connectivity index (χ0n) is 13.6. The number of aromatic amines is 1. The molecule has 0 atom stereocenters. The van der Waals surface area contributed by atoms with Crippen molar-refractivity contribution in [2.24, 2.45) is 0 Å². The third-order valence-corrected chi connectivity index (χ3v) is 3.47. The Morgan fingerprint density at radius 3 is 2.92 bits per heavy atom. The highest BCUT2D eigenvalue weighted by molar-refractivity contribution is 5.86. The van der Waals surface area contributed by atoms with Gasteiger partial charge in [-0.2, -0.15) is 0 Å². The molecule has 0 saturated carbocycles. The molecule has 26 heavy (non-hydrogen) atoms. The monoisotopic (exact) mass is 350 g/mol. The Morgan fingerprint density at radius 1 is 1.35 bits per heavy atom. The molecule has 0 aliphatic carbocycles. The van der Waals surface area contributed by atoms with E-state index in [-0.39, 0.29) is 18.8 Å². The molecule has 3 aromatic rings. The third kappa shape index (κ3) is 4.15. The number of carbonyl (C=O) groups excluding carboxylic acids is 1. The average molecular weight is 350 g/mol. The lowest BCUT2D eigenvalue weighted by Crippen LogP contribution is -2.24. The molecule has 2 aromatic heterocycles. The molecule has 0 unspecified atom stereocenters. The Hall–Kier alpha value is -3.86. The van der Waals surface area contributed by atoms with Crippen LogP contribution in [0.15, 0.2) is 48.8 Å². The molecule has 1 aromatic carbocycles. The van der Waals surface area contributed by atoms with E-state index in [2.05, 4.69) is 27.1 Å². The van der Waals surface area contributed by atoms with Crippen molar-refractivity contribution in [2.45, 2.75) is 6.61 Å². The molecular weight excluding hydrogens is 336 g/mol. The molecule has 2 N–H and O–H groups in total. The Morgan fingerprint density at radius 2 is 2.15 bits per heavy atom. The van der Waals surface area contributed by atoms with Crippen LogP contribution in [0.5, 0.6) is 0 Å². The molecular formula is C18H14N4O4. The first kappa shape index (κ1) is 17.0. The largest absolute Gasteiger partial charge is 0.445 e. The lowest BCUT2D eigenvalue weighted by atomic mass is 10.2. The predicted molar refractivity (Wildman–Crippen MR) is 94.3 cm³/mol. The molecule has 0 fully saturated rings. The summed E-state index contributed by atoms with van der Waals surface area (Å²) in [7, 11) is 0. The summed E-state index contributed by atoms with van der Waals surface area (Å²) in [6.07, 6.45) is 2.22. The summed E-state index contributed by atoms with van der Waals surface area (Å²) in [6.45, 7) is 0.263. The number of fused-ring (bicyclic) bond motifs is 1. The Bertz CT molecular complexity index is 1000. The van der Waals surface area contributed by atoms with Crippen LogP contribution in [0.25, 0.3) is 11.0 Å². The van der Waals surface area contributed by atoms with E-state index in [0.29, 0.717) is 16.6 Å². The number of carbonyl (C=O) groups is 1. The van der Waals surface area contributed by atoms with Gasteiger partial charge in [-0.05, 0) is 11.6 Å². The molecule has 0 bridgehead atoms. The second kappa shape index (κ2) is 7.81. The first-order valence-corrected chi connectivity index (χ1v) is 7.68. The summed E-state index contributed by atoms with van der Waals surface area (Å²) < 4.78 is 5.06. The van der Waals surface area contributed by atoms with Gasteiger partial charge in [0.1, 0.15) is 12.3 Å². The van der Waals surface area contributed by atoms with Crippen LogP contribution in [0.4, 0.5) is 10.5 Å². The van der Waals surface area contributed by atoms with Crippen LogP contribution >= 0.6 is 0 Å². The number of aromatic nitrogens is 2. The topological polar surface area (TPSA) is 110 Å². The molecule has 0 aliphatic rings. The highest BCUT2D eigenvalue weighted by Gasteiger charge is 2.14. The van der Waals surface area contributed by atoms with Crippen LogP contribution in [-0.4, -0.2) is 27.5 Å². The quantitative estimate of drug-likeness (QED) is 0.427. The zero-order valence-corrected chi connectivity index (χ0v) is 13.6. The van der Waals surface area contributed by atoms with Crippen molar-refractivity contribution < 1.29 is 14.5 Å². The van der Waals surface area contributed by atoms with Crippen LogP contribution in [0.1, 0.15) is 11.1 Å². The Labute approximate surface area is 148 Å². The van der Waals surface area contributed by atoms with Gasteiger partial charge in [0.2, 0.25) is 0 Å². The van der Waals surface area contributed by atoms with Crippen molar-refractivity contribution in [2.75, 3.05) is 6.54 Å². The number of alkyl carbamates (subject to hydrolysis) is 1. The molecule has 130 valence electrons. The lowest BCUT2D eigenvalue weighted by Gasteiger charge is -2.04. The third-order valence-electron chi connectivity index (χ3n) is 3.47. The molecule has 0 radical (unpaired) electrons. The van der Waals surface area contributed by atoms with Crippen LogP contribution in [-0.2, 0) is 11.3 Å². The Balaban J connectivity index is 1.54. The van der Waals surface area contributed by atoms with Gasteiger partial charge in [-0.3, -0.25) is 10.1 Å². The molecule has 0 saturated heterocycles. The van der Waals surface area contributed by atoms with Gasteiger partial charge in [0, 0.05) is 11.8 Å². The van der Waals surface area contributed by atoms with E-state index in [1.54, 1.807) is 6.07 Å². The fourth-order valence-corrected chi connectivity index (χ4v) is 2.25. The minimum atomic E-state index is -0.571. The number of hydrogen-bond acceptors (Lipinski definition) is 5. The number of rotatable bonds is 4. The number of amides is 1. The summed E-state index contributed by atoms with van der Waals surface area (Å²) in [5.41, 5.74) is 1.77. The van der Waals surface area contributed by atoms with Gasteiger partial charge in [0.05, 0.1) is 23.1 Å². The number of hydrogen-bond donors (Lipinski definition) is 2. The Kier molecular flexibility index (Phi) is 5.10. The van der Waals surface area contributed by atoms with Crippen LogP contribution in [0, 0.1) is 22.0 Å². The molecule has 1 amide bonds. The van der Waals surface area contributed by atoms with E-state index in [0.717, 1.165) is 5.56 Å². The highest BCUT2D eigenvalue weighted by atomic mass is 16.6. The summed E-state index contributed by atoms with van der Waals surface area (Å²) in [5, 5.41) is 13.8. The van der Waals surface area contributed by atoms with Crippen molar-refractivity contribution in [3.05, 3.63) is 70.0 Å². The average Bonchev–Trinajstić information content (AvgIpc) is 3.08. The number of ether oxygens (including phenoxy) is 1. The predicted octanol–water partition coefficient (Wildman–Crippen LogP) is 2.75. The van der Waals surface area contributed by atoms with Crippen LogP contribution in [0.2, 0.25) is 0 Å². The molecule has 3 rings (SSSR count). The van der Waals surface area contributed by atoms with Crippen LogP contribution < -0.4 is 5.32 Å². The number of nitrogens with zero attached hydrogens (tertiary/aromatic N) is 2. The van der Waals surface area contributed by atoms with Crippen molar-refractivity contribution in [1.82, 2.24) is 15.3 Å². The molecule has 8 heteroatoms. The van der Waals surface area contributed by atoms with Gasteiger partial charge in [0.15, 0.2) is 0 Å². The number of benzene rings is 1. The van der Waals surface area contributed by atoms with E-state index in [1.165, 1.54) is 12.4 Å². The maximum absolute atomic E-state index is 11.6. The van der Waals surface area contributed by atoms with Crippen molar-refractivity contribution in [1.29, 1.82) is 0 Å². The number of pyridine rings is 1. The van der Waals surface area contributed by atoms with Crippen LogP contribution in [0.3, 0.4) is 0 Å². The standard InChI is InChI=1S/C18H14N4O4/c23-18(26-12-13-5-2-1-3-6-13)19-8-4-7-14-9-15-16(22(24)25)11-21-17(15)20-10-14/h1-3,5-6,9-11H,8,12H2,(H,19,23)(H,20,21). The SMILES string of the molecule is O=C(NCC#Cc1cnc2[nH]cc([N+](=O)[O-])c2c1)OCc1ccccc1. The zero-order chi connectivity index (χ0) is 18.4. The normalized spacial score (nSPS) is 10.0. The van der Waals surface area contributed by atoms with Gasteiger partial charge in [-0.25, -0.2) is 9.78 Å². The smallest absolute Gasteiger partial charge is 0.408 e. The molecule has 0 spiro atoms. The van der Waals surface area contributed by atoms with E-state index < -0.39 is 11.0 Å². The maximum Gasteiger partial charge on any atom is 0.408 e. The number of nitrogens with one attached hydrogen (secondary N) is 2. The summed E-state index contributed by atoms with van der Waals surface area (Å²) in [6, 6.07) is 10.9. The van der Waals surface area contributed by atoms with Crippen molar-refractivity contribution >= 4 is 22.8 Å². The lowest BCUT2D eigenvalue weighted by molar-refractivity contribution is -0.383. The second-order valence-electron chi connectivity index (χ2n) is 5.27. The second-order valence-corrected chi connectivity index (χ2v) is 5.27. The molecule has 0 aliphatic heterocycles. The fraction of sp³-hybridized carbons (Fsp3) is 0.111. The van der Waals surface area contributed by atoms with Crippen molar-refractivity contribution in [3.8, 4) is 11.8 Å². The van der Waals surface area contributed by atoms with Gasteiger partial charge in [-0.1, -0.05) is 42.2 Å². The van der Waals surface area contributed by atoms with Gasteiger partial charge < -0.3 is 15.0 Å². The maximum atomic E-state index is 11.6.